The molecule has 90 valence electrons. The molecule has 0 amide bonds. The number of aliphatic hydroxyl groups excluding tert-OH is 2. The van der Waals surface area contributed by atoms with Crippen LogP contribution in [0.1, 0.15) is 22.2 Å². The smallest absolute Gasteiger partial charge is 0.354 e. The monoisotopic (exact) mass is 228 g/mol. The Morgan fingerprint density at radius 3 is 2.88 bits per heavy atom. The number of carbonyl (C=O) groups is 1. The molecule has 0 fully saturated rings. The minimum atomic E-state index is -1.04. The molecule has 0 saturated carbocycles. The van der Waals surface area contributed by atoms with Gasteiger partial charge in [0.1, 0.15) is 11.8 Å². The van der Waals surface area contributed by atoms with Gasteiger partial charge in [0.2, 0.25) is 0 Å². The summed E-state index contributed by atoms with van der Waals surface area (Å²) in [5.74, 6) is -0.512. The number of H-pyrrole nitrogens is 1. The van der Waals surface area contributed by atoms with Crippen LogP contribution in [0.5, 0.6) is 0 Å². The number of hydrogen-bond donors (Lipinski definition) is 4. The van der Waals surface area contributed by atoms with Crippen molar-refractivity contribution in [2.24, 2.45) is 0 Å². The van der Waals surface area contributed by atoms with Crippen molar-refractivity contribution in [2.75, 3.05) is 20.7 Å². The quantitative estimate of drug-likeness (QED) is 0.506. The standard InChI is InChI=1S/C10H16N2O4/c1-11-5-8(13)9(14)6-3-7(12-4-6)10(15)16-2/h3-4,8-9,11-14H,5H2,1-2H3. The van der Waals surface area contributed by atoms with Crippen molar-refractivity contribution in [3.05, 3.63) is 23.5 Å². The van der Waals surface area contributed by atoms with E-state index in [4.69, 9.17) is 0 Å². The Balaban J connectivity index is 2.73. The molecule has 1 rings (SSSR count). The van der Waals surface area contributed by atoms with Crippen molar-refractivity contribution >= 4 is 5.97 Å². The van der Waals surface area contributed by atoms with Gasteiger partial charge in [-0.05, 0) is 13.1 Å². The van der Waals surface area contributed by atoms with Gasteiger partial charge >= 0.3 is 5.97 Å². The second-order valence-electron chi connectivity index (χ2n) is 3.41. The van der Waals surface area contributed by atoms with Crippen LogP contribution in [0.15, 0.2) is 12.3 Å². The Hall–Kier alpha value is -1.37. The average molecular weight is 228 g/mol. The van der Waals surface area contributed by atoms with E-state index in [9.17, 15) is 15.0 Å². The molecule has 2 unspecified atom stereocenters. The third kappa shape index (κ3) is 2.82. The highest BCUT2D eigenvalue weighted by Gasteiger charge is 2.20. The van der Waals surface area contributed by atoms with Gasteiger partial charge in [-0.1, -0.05) is 0 Å². The molecule has 6 heteroatoms. The van der Waals surface area contributed by atoms with Crippen molar-refractivity contribution in [1.82, 2.24) is 10.3 Å². The van der Waals surface area contributed by atoms with Gasteiger partial charge in [0.05, 0.1) is 13.2 Å². The van der Waals surface area contributed by atoms with Crippen LogP contribution >= 0.6 is 0 Å². The van der Waals surface area contributed by atoms with Gasteiger partial charge in [0, 0.05) is 18.3 Å². The minimum absolute atomic E-state index is 0.244. The van der Waals surface area contributed by atoms with Crippen molar-refractivity contribution in [3.8, 4) is 0 Å². The fourth-order valence-electron chi connectivity index (χ4n) is 1.35. The highest BCUT2D eigenvalue weighted by Crippen LogP contribution is 2.17. The number of aromatic nitrogens is 1. The molecule has 0 saturated heterocycles. The predicted molar refractivity (Wildman–Crippen MR) is 57.0 cm³/mol. The maximum Gasteiger partial charge on any atom is 0.354 e. The van der Waals surface area contributed by atoms with Crippen molar-refractivity contribution < 1.29 is 19.7 Å². The lowest BCUT2D eigenvalue weighted by Gasteiger charge is -2.15. The van der Waals surface area contributed by atoms with Gasteiger partial charge in [-0.3, -0.25) is 0 Å². The molecule has 0 bridgehead atoms. The molecule has 0 aliphatic rings. The van der Waals surface area contributed by atoms with Crippen LogP contribution in [-0.4, -0.2) is 48.0 Å². The van der Waals surface area contributed by atoms with Crippen LogP contribution < -0.4 is 5.32 Å². The molecule has 16 heavy (non-hydrogen) atoms. The van der Waals surface area contributed by atoms with E-state index in [2.05, 4.69) is 15.0 Å². The lowest BCUT2D eigenvalue weighted by atomic mass is 10.1. The molecule has 1 heterocycles. The van der Waals surface area contributed by atoms with Crippen molar-refractivity contribution in [2.45, 2.75) is 12.2 Å². The lowest BCUT2D eigenvalue weighted by Crippen LogP contribution is -2.29. The Kier molecular flexibility index (Phi) is 4.48. The van der Waals surface area contributed by atoms with Gasteiger partial charge in [-0.15, -0.1) is 0 Å². The summed E-state index contributed by atoms with van der Waals surface area (Å²) >= 11 is 0. The van der Waals surface area contributed by atoms with Crippen LogP contribution in [0.25, 0.3) is 0 Å². The highest BCUT2D eigenvalue weighted by molar-refractivity contribution is 5.87. The van der Waals surface area contributed by atoms with Crippen molar-refractivity contribution in [1.29, 1.82) is 0 Å². The molecule has 0 aliphatic heterocycles. The van der Waals surface area contributed by atoms with Gasteiger partial charge in [0.25, 0.3) is 0 Å². The normalized spacial score (nSPS) is 14.5. The first-order valence-corrected chi connectivity index (χ1v) is 4.87. The summed E-state index contributed by atoms with van der Waals surface area (Å²) < 4.78 is 4.51. The summed E-state index contributed by atoms with van der Waals surface area (Å²) in [5.41, 5.74) is 0.691. The fourth-order valence-corrected chi connectivity index (χ4v) is 1.35. The van der Waals surface area contributed by atoms with Crippen LogP contribution in [0.4, 0.5) is 0 Å². The number of rotatable bonds is 5. The van der Waals surface area contributed by atoms with Crippen LogP contribution in [0.2, 0.25) is 0 Å². The van der Waals surface area contributed by atoms with Crippen LogP contribution in [-0.2, 0) is 4.74 Å². The maximum atomic E-state index is 11.1. The second kappa shape index (κ2) is 5.64. The largest absolute Gasteiger partial charge is 0.464 e. The molecule has 0 radical (unpaired) electrons. The van der Waals surface area contributed by atoms with Gasteiger partial charge in [-0.25, -0.2) is 4.79 Å². The molecular formula is C10H16N2O4. The summed E-state index contributed by atoms with van der Waals surface area (Å²) in [6.07, 6.45) is -0.496. The number of aromatic amines is 1. The van der Waals surface area contributed by atoms with Gasteiger partial charge < -0.3 is 25.3 Å². The summed E-state index contributed by atoms with van der Waals surface area (Å²) in [7, 11) is 2.95. The Morgan fingerprint density at radius 2 is 2.31 bits per heavy atom. The fraction of sp³-hybridized carbons (Fsp3) is 0.500. The molecule has 0 aliphatic carbocycles. The Morgan fingerprint density at radius 1 is 1.62 bits per heavy atom. The van der Waals surface area contributed by atoms with E-state index in [1.165, 1.54) is 19.4 Å². The molecule has 1 aromatic heterocycles. The Labute approximate surface area is 93.2 Å². The van der Waals surface area contributed by atoms with E-state index in [-0.39, 0.29) is 12.2 Å². The summed E-state index contributed by atoms with van der Waals surface area (Å²) in [4.78, 5) is 13.8. The van der Waals surface area contributed by atoms with Gasteiger partial charge in [-0.2, -0.15) is 0 Å². The molecule has 1 aromatic rings. The number of nitrogens with one attached hydrogen (secondary N) is 2. The SMILES string of the molecule is CNCC(O)C(O)c1c[nH]c(C(=O)OC)c1. The molecule has 6 nitrogen and oxygen atoms in total. The molecule has 2 atom stereocenters. The van der Waals surface area contributed by atoms with Crippen molar-refractivity contribution in [3.63, 3.8) is 0 Å². The second-order valence-corrected chi connectivity index (χ2v) is 3.41. The van der Waals surface area contributed by atoms with E-state index < -0.39 is 18.2 Å². The lowest BCUT2D eigenvalue weighted by molar-refractivity contribution is 0.0203. The highest BCUT2D eigenvalue weighted by atomic mass is 16.5. The van der Waals surface area contributed by atoms with Crippen LogP contribution in [0, 0.1) is 0 Å². The van der Waals surface area contributed by atoms with E-state index >= 15 is 0 Å². The maximum absolute atomic E-state index is 11.1. The third-order valence-electron chi connectivity index (χ3n) is 2.23. The molecule has 0 spiro atoms. The molecule has 4 N–H and O–H groups in total. The predicted octanol–water partition coefficient (Wildman–Crippen LogP) is -0.585. The van der Waals surface area contributed by atoms with E-state index in [1.54, 1.807) is 7.05 Å². The average Bonchev–Trinajstić information content (AvgIpc) is 2.76. The number of hydrogen-bond acceptors (Lipinski definition) is 5. The number of likely N-dealkylation sites (N-methyl/N-ethyl adjacent to an activating group) is 1. The zero-order valence-corrected chi connectivity index (χ0v) is 9.23. The van der Waals surface area contributed by atoms with Gasteiger partial charge in [0.15, 0.2) is 0 Å². The number of methoxy groups -OCH3 is 1. The third-order valence-corrected chi connectivity index (χ3v) is 2.23. The summed E-state index contributed by atoms with van der Waals surface area (Å²) in [6, 6.07) is 1.45. The topological polar surface area (TPSA) is 94.6 Å². The zero-order chi connectivity index (χ0) is 12.1. The molecular weight excluding hydrogens is 212 g/mol. The first-order valence-electron chi connectivity index (χ1n) is 4.87. The first-order chi connectivity index (χ1) is 7.60. The summed E-state index contributed by atoms with van der Waals surface area (Å²) in [5, 5.41) is 22.0. The van der Waals surface area contributed by atoms with E-state index in [1.807, 2.05) is 0 Å². The number of ether oxygens (including phenoxy) is 1. The van der Waals surface area contributed by atoms with E-state index in [0.29, 0.717) is 5.56 Å². The summed E-state index contributed by atoms with van der Waals surface area (Å²) in [6.45, 7) is 0.264. The number of aliphatic hydroxyl groups is 2. The first kappa shape index (κ1) is 12.7. The molecule has 0 aromatic carbocycles. The zero-order valence-electron chi connectivity index (χ0n) is 9.23. The number of esters is 1. The van der Waals surface area contributed by atoms with Crippen LogP contribution in [0.3, 0.4) is 0 Å². The van der Waals surface area contributed by atoms with E-state index in [0.717, 1.165) is 0 Å². The Bertz CT molecular complexity index is 350. The minimum Gasteiger partial charge on any atom is -0.464 e. The number of carbonyl (C=O) groups excluding carboxylic acids is 1.